The first-order chi connectivity index (χ1) is 6.74. The van der Waals surface area contributed by atoms with Gasteiger partial charge >= 0.3 is 0 Å². The van der Waals surface area contributed by atoms with Crippen molar-refractivity contribution in [3.63, 3.8) is 0 Å². The summed E-state index contributed by atoms with van der Waals surface area (Å²) in [6.07, 6.45) is 0. The molecule has 2 nitrogen and oxygen atoms in total. The third-order valence-corrected chi connectivity index (χ3v) is 2.54. The van der Waals surface area contributed by atoms with Crippen molar-refractivity contribution in [3.8, 4) is 0 Å². The van der Waals surface area contributed by atoms with E-state index >= 15 is 0 Å². The van der Waals surface area contributed by atoms with E-state index < -0.39 is 0 Å². The van der Waals surface area contributed by atoms with Crippen LogP contribution in [0.3, 0.4) is 0 Å². The van der Waals surface area contributed by atoms with Crippen LogP contribution in [0.25, 0.3) is 0 Å². The summed E-state index contributed by atoms with van der Waals surface area (Å²) in [4.78, 5) is 0. The first kappa shape index (κ1) is 11.6. The Kier molecular flexibility index (Phi) is 5.09. The van der Waals surface area contributed by atoms with Gasteiger partial charge in [0.2, 0.25) is 0 Å². The number of benzene rings is 1. The van der Waals surface area contributed by atoms with Gasteiger partial charge in [-0.05, 0) is 24.7 Å². The van der Waals surface area contributed by atoms with Crippen molar-refractivity contribution >= 4 is 28.9 Å². The van der Waals surface area contributed by atoms with Crippen molar-refractivity contribution in [2.24, 2.45) is 0 Å². The van der Waals surface area contributed by atoms with Crippen molar-refractivity contribution in [1.29, 1.82) is 0 Å². The smallest absolute Gasteiger partial charge is 0.0612 e. The molecule has 0 radical (unpaired) electrons. The van der Waals surface area contributed by atoms with E-state index in [4.69, 9.17) is 23.2 Å². The third-order valence-electron chi connectivity index (χ3n) is 1.80. The lowest BCUT2D eigenvalue weighted by Crippen LogP contribution is -2.21. The maximum Gasteiger partial charge on any atom is 0.0612 e. The van der Waals surface area contributed by atoms with Crippen molar-refractivity contribution in [2.45, 2.75) is 6.92 Å². The van der Waals surface area contributed by atoms with Crippen molar-refractivity contribution in [1.82, 2.24) is 5.32 Å². The molecular formula is C10H14Cl2N2. The van der Waals surface area contributed by atoms with Crippen LogP contribution in [0.15, 0.2) is 18.2 Å². The van der Waals surface area contributed by atoms with E-state index in [2.05, 4.69) is 17.6 Å². The number of likely N-dealkylation sites (N-methyl/N-ethyl adjacent to an activating group) is 1. The molecule has 0 aliphatic rings. The Balaban J connectivity index is 2.39. The second kappa shape index (κ2) is 6.12. The number of hydrogen-bond acceptors (Lipinski definition) is 2. The van der Waals surface area contributed by atoms with E-state index in [-0.39, 0.29) is 0 Å². The van der Waals surface area contributed by atoms with Crippen LogP contribution in [0, 0.1) is 0 Å². The molecule has 0 unspecified atom stereocenters. The average molecular weight is 233 g/mol. The van der Waals surface area contributed by atoms with Crippen molar-refractivity contribution < 1.29 is 0 Å². The van der Waals surface area contributed by atoms with Gasteiger partial charge in [0.1, 0.15) is 0 Å². The zero-order valence-electron chi connectivity index (χ0n) is 8.11. The molecule has 2 N–H and O–H groups in total. The van der Waals surface area contributed by atoms with Crippen molar-refractivity contribution in [2.75, 3.05) is 25.0 Å². The molecular weight excluding hydrogens is 219 g/mol. The van der Waals surface area contributed by atoms with Gasteiger partial charge in [-0.15, -0.1) is 0 Å². The zero-order chi connectivity index (χ0) is 10.4. The Labute approximate surface area is 94.6 Å². The Hall–Kier alpha value is -0.440. The molecule has 0 fully saturated rings. The lowest BCUT2D eigenvalue weighted by Gasteiger charge is -2.07. The highest BCUT2D eigenvalue weighted by molar-refractivity contribution is 6.42. The highest BCUT2D eigenvalue weighted by atomic mass is 35.5. The molecule has 78 valence electrons. The van der Waals surface area contributed by atoms with Gasteiger partial charge in [0.05, 0.1) is 10.0 Å². The van der Waals surface area contributed by atoms with E-state index in [1.54, 1.807) is 6.07 Å². The molecule has 0 atom stereocenters. The summed E-state index contributed by atoms with van der Waals surface area (Å²) in [6, 6.07) is 5.54. The Morgan fingerprint density at radius 1 is 1.14 bits per heavy atom. The number of halogens is 2. The lowest BCUT2D eigenvalue weighted by molar-refractivity contribution is 0.739. The molecule has 14 heavy (non-hydrogen) atoms. The Morgan fingerprint density at radius 3 is 2.57 bits per heavy atom. The fraction of sp³-hybridized carbons (Fsp3) is 0.400. The van der Waals surface area contributed by atoms with E-state index in [0.29, 0.717) is 10.0 Å². The van der Waals surface area contributed by atoms with E-state index in [1.165, 1.54) is 0 Å². The van der Waals surface area contributed by atoms with Crippen LogP contribution in [-0.4, -0.2) is 19.6 Å². The zero-order valence-corrected chi connectivity index (χ0v) is 9.62. The quantitative estimate of drug-likeness (QED) is 0.764. The first-order valence-electron chi connectivity index (χ1n) is 4.63. The van der Waals surface area contributed by atoms with Gasteiger partial charge in [0.15, 0.2) is 0 Å². The molecule has 1 rings (SSSR count). The normalized spacial score (nSPS) is 10.2. The number of nitrogens with one attached hydrogen (secondary N) is 2. The number of hydrogen-bond donors (Lipinski definition) is 2. The number of rotatable bonds is 5. The molecule has 0 heterocycles. The summed E-state index contributed by atoms with van der Waals surface area (Å²) < 4.78 is 0. The molecule has 0 aromatic heterocycles. The molecule has 1 aromatic carbocycles. The molecule has 0 saturated heterocycles. The highest BCUT2D eigenvalue weighted by Crippen LogP contribution is 2.24. The Bertz CT molecular complexity index is 289. The van der Waals surface area contributed by atoms with Gasteiger partial charge in [0, 0.05) is 18.8 Å². The van der Waals surface area contributed by atoms with Crippen LogP contribution in [0.5, 0.6) is 0 Å². The van der Waals surface area contributed by atoms with Crippen molar-refractivity contribution in [3.05, 3.63) is 28.2 Å². The van der Waals surface area contributed by atoms with E-state index in [9.17, 15) is 0 Å². The predicted molar refractivity (Wildman–Crippen MR) is 63.5 cm³/mol. The summed E-state index contributed by atoms with van der Waals surface area (Å²) in [5.41, 5.74) is 0.998. The standard InChI is InChI=1S/C10H14Cl2N2/c1-2-13-5-6-14-8-3-4-9(11)10(12)7-8/h3-4,7,13-14H,2,5-6H2,1H3. The van der Waals surface area contributed by atoms with Crippen LogP contribution < -0.4 is 10.6 Å². The van der Waals surface area contributed by atoms with E-state index in [1.807, 2.05) is 12.1 Å². The fourth-order valence-electron chi connectivity index (χ4n) is 1.08. The van der Waals surface area contributed by atoms with Crippen LogP contribution in [-0.2, 0) is 0 Å². The molecule has 0 spiro atoms. The van der Waals surface area contributed by atoms with Gasteiger partial charge in [-0.25, -0.2) is 0 Å². The van der Waals surface area contributed by atoms with Gasteiger partial charge < -0.3 is 10.6 Å². The predicted octanol–water partition coefficient (Wildman–Crippen LogP) is 3.01. The lowest BCUT2D eigenvalue weighted by atomic mass is 10.3. The van der Waals surface area contributed by atoms with Crippen LogP contribution in [0.4, 0.5) is 5.69 Å². The molecule has 1 aromatic rings. The monoisotopic (exact) mass is 232 g/mol. The second-order valence-corrected chi connectivity index (χ2v) is 3.72. The largest absolute Gasteiger partial charge is 0.384 e. The topological polar surface area (TPSA) is 24.1 Å². The van der Waals surface area contributed by atoms with E-state index in [0.717, 1.165) is 25.3 Å². The maximum atomic E-state index is 5.87. The van der Waals surface area contributed by atoms with Gasteiger partial charge in [-0.2, -0.15) is 0 Å². The number of anilines is 1. The highest BCUT2D eigenvalue weighted by Gasteiger charge is 1.97. The fourth-order valence-corrected chi connectivity index (χ4v) is 1.38. The minimum absolute atomic E-state index is 0.583. The summed E-state index contributed by atoms with van der Waals surface area (Å²) in [6.45, 7) is 4.89. The van der Waals surface area contributed by atoms with Crippen LogP contribution >= 0.6 is 23.2 Å². The molecule has 4 heteroatoms. The van der Waals surface area contributed by atoms with Gasteiger partial charge in [0.25, 0.3) is 0 Å². The van der Waals surface area contributed by atoms with Crippen LogP contribution in [0.1, 0.15) is 6.92 Å². The summed E-state index contributed by atoms with van der Waals surface area (Å²) >= 11 is 11.7. The molecule has 0 saturated carbocycles. The molecule has 0 amide bonds. The third kappa shape index (κ3) is 3.74. The summed E-state index contributed by atoms with van der Waals surface area (Å²) in [5.74, 6) is 0. The maximum absolute atomic E-state index is 5.87. The molecule has 0 aliphatic carbocycles. The average Bonchev–Trinajstić information content (AvgIpc) is 2.18. The minimum atomic E-state index is 0.583. The summed E-state index contributed by atoms with van der Waals surface area (Å²) in [7, 11) is 0. The van der Waals surface area contributed by atoms with Gasteiger partial charge in [-0.3, -0.25) is 0 Å². The Morgan fingerprint density at radius 2 is 1.93 bits per heavy atom. The summed E-state index contributed by atoms with van der Waals surface area (Å²) in [5, 5.41) is 7.64. The molecule has 0 aliphatic heterocycles. The molecule has 0 bridgehead atoms. The minimum Gasteiger partial charge on any atom is -0.384 e. The van der Waals surface area contributed by atoms with Gasteiger partial charge in [-0.1, -0.05) is 30.1 Å². The first-order valence-corrected chi connectivity index (χ1v) is 5.39. The van der Waals surface area contributed by atoms with Crippen LogP contribution in [0.2, 0.25) is 10.0 Å². The second-order valence-electron chi connectivity index (χ2n) is 2.91. The SMILES string of the molecule is CCNCCNc1ccc(Cl)c(Cl)c1.